The molecule has 0 unspecified atom stereocenters. The van der Waals surface area contributed by atoms with E-state index in [0.29, 0.717) is 0 Å². The molecule has 1 N–H and O–H groups in total. The van der Waals surface area contributed by atoms with Crippen molar-refractivity contribution >= 4 is 0 Å². The molecule has 0 aliphatic rings. The zero-order valence-electron chi connectivity index (χ0n) is 10.9. The van der Waals surface area contributed by atoms with Gasteiger partial charge in [-0.15, -0.1) is 0 Å². The summed E-state index contributed by atoms with van der Waals surface area (Å²) in [5, 5.41) is 7.00. The standard InChI is InChI=1S/C14H14O2.CH4O/c1-15-13-7-3-11(4-8-13)12-5-9-14(16-2)10-6-12;1-2/h3-10H,1-2H3;2H,1H3. The lowest BCUT2D eigenvalue weighted by Crippen LogP contribution is -1.84. The van der Waals surface area contributed by atoms with Gasteiger partial charge in [-0.1, -0.05) is 24.3 Å². The van der Waals surface area contributed by atoms with Gasteiger partial charge in [-0.2, -0.15) is 0 Å². The number of hydrogen-bond donors (Lipinski definition) is 1. The lowest BCUT2D eigenvalue weighted by atomic mass is 10.1. The Kier molecular flexibility index (Phi) is 5.74. The second-order valence-corrected chi connectivity index (χ2v) is 3.46. The van der Waals surface area contributed by atoms with Crippen LogP contribution in [-0.2, 0) is 0 Å². The summed E-state index contributed by atoms with van der Waals surface area (Å²) >= 11 is 0. The third-order valence-electron chi connectivity index (χ3n) is 2.51. The Hall–Kier alpha value is -2.00. The lowest BCUT2D eigenvalue weighted by molar-refractivity contribution is 0.399. The van der Waals surface area contributed by atoms with Gasteiger partial charge in [0.25, 0.3) is 0 Å². The molecule has 0 aliphatic heterocycles. The Morgan fingerprint density at radius 1 is 0.611 bits per heavy atom. The van der Waals surface area contributed by atoms with Gasteiger partial charge in [0.1, 0.15) is 11.5 Å². The maximum atomic E-state index is 7.00. The summed E-state index contributed by atoms with van der Waals surface area (Å²) in [6, 6.07) is 16.0. The van der Waals surface area contributed by atoms with Crippen LogP contribution in [0.25, 0.3) is 11.1 Å². The highest BCUT2D eigenvalue weighted by atomic mass is 16.5. The van der Waals surface area contributed by atoms with Crippen molar-refractivity contribution in [1.82, 2.24) is 0 Å². The zero-order chi connectivity index (χ0) is 13.4. The fourth-order valence-electron chi connectivity index (χ4n) is 1.57. The van der Waals surface area contributed by atoms with Gasteiger partial charge < -0.3 is 14.6 Å². The molecule has 0 aliphatic carbocycles. The van der Waals surface area contributed by atoms with Crippen LogP contribution in [0.3, 0.4) is 0 Å². The molecule has 0 radical (unpaired) electrons. The normalized spacial score (nSPS) is 9.11. The fraction of sp³-hybridized carbons (Fsp3) is 0.200. The Morgan fingerprint density at radius 2 is 0.889 bits per heavy atom. The molecule has 3 heteroatoms. The summed E-state index contributed by atoms with van der Waals surface area (Å²) in [5.74, 6) is 1.74. The first-order valence-electron chi connectivity index (χ1n) is 5.56. The van der Waals surface area contributed by atoms with Crippen molar-refractivity contribution in [2.75, 3.05) is 21.3 Å². The zero-order valence-corrected chi connectivity index (χ0v) is 10.9. The Bertz CT molecular complexity index is 401. The molecule has 18 heavy (non-hydrogen) atoms. The summed E-state index contributed by atoms with van der Waals surface area (Å²) in [7, 11) is 4.34. The summed E-state index contributed by atoms with van der Waals surface area (Å²) in [6.45, 7) is 0. The number of aliphatic hydroxyl groups excluding tert-OH is 1. The predicted octanol–water partition coefficient (Wildman–Crippen LogP) is 2.98. The van der Waals surface area contributed by atoms with Crippen LogP contribution in [0, 0.1) is 0 Å². The second-order valence-electron chi connectivity index (χ2n) is 3.46. The molecular formula is C15H18O3. The second kappa shape index (κ2) is 7.35. The van der Waals surface area contributed by atoms with Crippen molar-refractivity contribution in [1.29, 1.82) is 0 Å². The molecule has 0 atom stereocenters. The summed E-state index contributed by atoms with van der Waals surface area (Å²) < 4.78 is 10.2. The van der Waals surface area contributed by atoms with E-state index in [0.717, 1.165) is 18.6 Å². The van der Waals surface area contributed by atoms with Crippen molar-refractivity contribution in [3.8, 4) is 22.6 Å². The summed E-state index contributed by atoms with van der Waals surface area (Å²) in [4.78, 5) is 0. The first-order chi connectivity index (χ1) is 8.83. The van der Waals surface area contributed by atoms with Gasteiger partial charge in [-0.3, -0.25) is 0 Å². The third kappa shape index (κ3) is 3.50. The fourth-order valence-corrected chi connectivity index (χ4v) is 1.57. The van der Waals surface area contributed by atoms with Crippen LogP contribution >= 0.6 is 0 Å². The molecule has 96 valence electrons. The lowest BCUT2D eigenvalue weighted by Gasteiger charge is -2.05. The summed E-state index contributed by atoms with van der Waals surface area (Å²) in [5.41, 5.74) is 2.34. The third-order valence-corrected chi connectivity index (χ3v) is 2.51. The molecule has 0 spiro atoms. The van der Waals surface area contributed by atoms with Gasteiger partial charge >= 0.3 is 0 Å². The van der Waals surface area contributed by atoms with E-state index in [4.69, 9.17) is 14.6 Å². The molecule has 0 bridgehead atoms. The van der Waals surface area contributed by atoms with Crippen molar-refractivity contribution in [3.63, 3.8) is 0 Å². The monoisotopic (exact) mass is 246 g/mol. The van der Waals surface area contributed by atoms with Crippen LogP contribution in [0.2, 0.25) is 0 Å². The minimum Gasteiger partial charge on any atom is -0.497 e. The maximum absolute atomic E-state index is 7.00. The molecule has 0 saturated heterocycles. The van der Waals surface area contributed by atoms with E-state index in [9.17, 15) is 0 Å². The van der Waals surface area contributed by atoms with E-state index in [1.54, 1.807) is 14.2 Å². The number of aliphatic hydroxyl groups is 1. The van der Waals surface area contributed by atoms with E-state index in [1.165, 1.54) is 11.1 Å². The molecule has 2 aromatic rings. The number of hydrogen-bond acceptors (Lipinski definition) is 3. The van der Waals surface area contributed by atoms with E-state index in [1.807, 2.05) is 48.5 Å². The quantitative estimate of drug-likeness (QED) is 0.904. The maximum Gasteiger partial charge on any atom is 0.118 e. The smallest absolute Gasteiger partial charge is 0.118 e. The Morgan fingerprint density at radius 3 is 1.11 bits per heavy atom. The van der Waals surface area contributed by atoms with Crippen molar-refractivity contribution in [2.24, 2.45) is 0 Å². The minimum absolute atomic E-state index is 0.872. The van der Waals surface area contributed by atoms with Gasteiger partial charge in [0.2, 0.25) is 0 Å². The predicted molar refractivity (Wildman–Crippen MR) is 73.1 cm³/mol. The molecule has 0 amide bonds. The largest absolute Gasteiger partial charge is 0.497 e. The minimum atomic E-state index is 0.872. The Balaban J connectivity index is 0.000000771. The number of ether oxygens (including phenoxy) is 2. The molecule has 0 fully saturated rings. The number of benzene rings is 2. The average Bonchev–Trinajstić information content (AvgIpc) is 2.49. The van der Waals surface area contributed by atoms with Crippen LogP contribution in [-0.4, -0.2) is 26.4 Å². The van der Waals surface area contributed by atoms with E-state index in [-0.39, 0.29) is 0 Å². The number of rotatable bonds is 3. The van der Waals surface area contributed by atoms with Gasteiger partial charge in [-0.05, 0) is 35.4 Å². The molecule has 3 nitrogen and oxygen atoms in total. The van der Waals surface area contributed by atoms with Crippen molar-refractivity contribution in [2.45, 2.75) is 0 Å². The molecule has 2 rings (SSSR count). The first kappa shape index (κ1) is 14.1. The van der Waals surface area contributed by atoms with Gasteiger partial charge in [-0.25, -0.2) is 0 Å². The molecular weight excluding hydrogens is 228 g/mol. The molecule has 2 aromatic carbocycles. The van der Waals surface area contributed by atoms with E-state index in [2.05, 4.69) is 0 Å². The molecule has 0 saturated carbocycles. The van der Waals surface area contributed by atoms with Crippen LogP contribution in [0.5, 0.6) is 11.5 Å². The van der Waals surface area contributed by atoms with E-state index >= 15 is 0 Å². The molecule has 0 heterocycles. The van der Waals surface area contributed by atoms with Crippen LogP contribution < -0.4 is 9.47 Å². The van der Waals surface area contributed by atoms with Crippen LogP contribution in [0.4, 0.5) is 0 Å². The molecule has 0 aromatic heterocycles. The van der Waals surface area contributed by atoms with Crippen LogP contribution in [0.15, 0.2) is 48.5 Å². The SMILES string of the molecule is CO.COc1ccc(-c2ccc(OC)cc2)cc1. The highest BCUT2D eigenvalue weighted by Gasteiger charge is 1.98. The average molecular weight is 246 g/mol. The number of methoxy groups -OCH3 is 2. The van der Waals surface area contributed by atoms with Crippen LogP contribution in [0.1, 0.15) is 0 Å². The van der Waals surface area contributed by atoms with Crippen molar-refractivity contribution < 1.29 is 14.6 Å². The topological polar surface area (TPSA) is 38.7 Å². The van der Waals surface area contributed by atoms with E-state index < -0.39 is 0 Å². The highest BCUT2D eigenvalue weighted by molar-refractivity contribution is 5.64. The summed E-state index contributed by atoms with van der Waals surface area (Å²) in [6.07, 6.45) is 0. The first-order valence-corrected chi connectivity index (χ1v) is 5.56. The van der Waals surface area contributed by atoms with Crippen molar-refractivity contribution in [3.05, 3.63) is 48.5 Å². The highest BCUT2D eigenvalue weighted by Crippen LogP contribution is 2.24. The Labute approximate surface area is 108 Å². The van der Waals surface area contributed by atoms with Gasteiger partial charge in [0.05, 0.1) is 14.2 Å². The van der Waals surface area contributed by atoms with Gasteiger partial charge in [0.15, 0.2) is 0 Å². The van der Waals surface area contributed by atoms with Gasteiger partial charge in [0, 0.05) is 7.11 Å².